The first-order chi connectivity index (χ1) is 7.65. The van der Waals surface area contributed by atoms with E-state index in [0.717, 1.165) is 12.3 Å². The van der Waals surface area contributed by atoms with Gasteiger partial charge in [0.05, 0.1) is 5.56 Å². The monoisotopic (exact) mass is 267 g/mol. The molecule has 0 unspecified atom stereocenters. The van der Waals surface area contributed by atoms with E-state index in [9.17, 15) is 21.6 Å². The highest BCUT2D eigenvalue weighted by atomic mass is 32.2. The molecule has 0 saturated heterocycles. The van der Waals surface area contributed by atoms with Crippen LogP contribution in [-0.4, -0.2) is 19.8 Å². The van der Waals surface area contributed by atoms with Crippen LogP contribution in [0.5, 0.6) is 5.88 Å². The number of pyridine rings is 1. The molecule has 1 aromatic heterocycles. The molecule has 1 rings (SSSR count). The van der Waals surface area contributed by atoms with Gasteiger partial charge in [-0.1, -0.05) is 0 Å². The van der Waals surface area contributed by atoms with Gasteiger partial charge in [-0.2, -0.15) is 5.26 Å². The fourth-order valence-electron chi connectivity index (χ4n) is 0.974. The van der Waals surface area contributed by atoms with Gasteiger partial charge in [0, 0.05) is 6.20 Å². The molecule has 2 N–H and O–H groups in total. The Hall–Kier alpha value is -1.86. The van der Waals surface area contributed by atoms with E-state index < -0.39 is 32.7 Å². The minimum atomic E-state index is -5.14. The van der Waals surface area contributed by atoms with Crippen LogP contribution in [0.3, 0.4) is 0 Å². The molecule has 6 nitrogen and oxygen atoms in total. The summed E-state index contributed by atoms with van der Waals surface area (Å²) in [5.74, 6) is -1.28. The number of nitriles is 1. The lowest BCUT2D eigenvalue weighted by Crippen LogP contribution is -2.22. The van der Waals surface area contributed by atoms with E-state index in [-0.39, 0.29) is 0 Å². The first-order valence-electron chi connectivity index (χ1n) is 3.83. The van der Waals surface area contributed by atoms with Crippen molar-refractivity contribution in [3.63, 3.8) is 0 Å². The Bertz CT molecular complexity index is 576. The molecule has 1 aromatic rings. The third-order valence-corrected chi connectivity index (χ3v) is 2.45. The maximum Gasteiger partial charge on any atom is 0.574 e. The molecule has 0 amide bonds. The Kier molecular flexibility index (Phi) is 3.25. The third-order valence-electron chi connectivity index (χ3n) is 1.49. The zero-order valence-electron chi connectivity index (χ0n) is 7.89. The van der Waals surface area contributed by atoms with E-state index in [1.54, 1.807) is 0 Å². The van der Waals surface area contributed by atoms with Crippen molar-refractivity contribution in [2.75, 3.05) is 0 Å². The average Bonchev–Trinajstić information content (AvgIpc) is 2.12. The largest absolute Gasteiger partial charge is 0.574 e. The fourth-order valence-corrected chi connectivity index (χ4v) is 1.73. The van der Waals surface area contributed by atoms with Crippen LogP contribution in [0.1, 0.15) is 5.56 Å². The number of ether oxygens (including phenoxy) is 1. The number of aromatic nitrogens is 1. The number of nitrogens with zero attached hydrogens (tertiary/aromatic N) is 2. The summed E-state index contributed by atoms with van der Waals surface area (Å²) in [6.45, 7) is 0. The summed E-state index contributed by atoms with van der Waals surface area (Å²) in [4.78, 5) is 1.99. The molecule has 0 fully saturated rings. The van der Waals surface area contributed by atoms with Crippen LogP contribution in [0.25, 0.3) is 0 Å². The summed E-state index contributed by atoms with van der Waals surface area (Å²) in [6.07, 6.45) is -4.34. The molecule has 0 atom stereocenters. The molecule has 0 saturated carbocycles. The Morgan fingerprint density at radius 3 is 2.47 bits per heavy atom. The lowest BCUT2D eigenvalue weighted by atomic mass is 10.3. The summed E-state index contributed by atoms with van der Waals surface area (Å²) in [6, 6.07) is 2.29. The second-order valence-corrected chi connectivity index (χ2v) is 4.20. The number of hydrogen-bond donors (Lipinski definition) is 1. The van der Waals surface area contributed by atoms with Crippen molar-refractivity contribution in [3.8, 4) is 11.9 Å². The van der Waals surface area contributed by atoms with Gasteiger partial charge in [0.1, 0.15) is 6.07 Å². The van der Waals surface area contributed by atoms with Crippen LogP contribution in [-0.2, 0) is 10.0 Å². The molecular weight excluding hydrogens is 263 g/mol. The SMILES string of the molecule is N#Cc1ccnc(OC(F)(F)F)c1S(N)(=O)=O. The van der Waals surface area contributed by atoms with Crippen LogP contribution in [0, 0.1) is 11.3 Å². The van der Waals surface area contributed by atoms with Crippen molar-refractivity contribution in [1.82, 2.24) is 4.98 Å². The maximum atomic E-state index is 12.0. The first kappa shape index (κ1) is 13.2. The molecule has 0 aliphatic carbocycles. The van der Waals surface area contributed by atoms with Gasteiger partial charge >= 0.3 is 6.36 Å². The van der Waals surface area contributed by atoms with E-state index in [0.29, 0.717) is 0 Å². The minimum Gasteiger partial charge on any atom is -0.386 e. The molecule has 0 radical (unpaired) electrons. The Morgan fingerprint density at radius 2 is 2.06 bits per heavy atom. The number of alkyl halides is 3. The zero-order valence-corrected chi connectivity index (χ0v) is 8.71. The van der Waals surface area contributed by atoms with Gasteiger partial charge in [0.15, 0.2) is 4.90 Å². The average molecular weight is 267 g/mol. The van der Waals surface area contributed by atoms with Gasteiger partial charge in [0.25, 0.3) is 0 Å². The predicted molar refractivity (Wildman–Crippen MR) is 47.0 cm³/mol. The quantitative estimate of drug-likeness (QED) is 0.839. The van der Waals surface area contributed by atoms with E-state index in [1.807, 2.05) is 0 Å². The number of hydrogen-bond acceptors (Lipinski definition) is 5. The summed E-state index contributed by atoms with van der Waals surface area (Å²) in [7, 11) is -4.56. The smallest absolute Gasteiger partial charge is 0.386 e. The minimum absolute atomic E-state index is 0.582. The van der Waals surface area contributed by atoms with Gasteiger partial charge in [-0.15, -0.1) is 13.2 Å². The summed E-state index contributed by atoms with van der Waals surface area (Å²) < 4.78 is 61.4. The zero-order chi connectivity index (χ0) is 13.3. The topological polar surface area (TPSA) is 106 Å². The van der Waals surface area contributed by atoms with Gasteiger partial charge < -0.3 is 4.74 Å². The standard InChI is InChI=1S/C7H4F3N3O3S/c8-7(9,10)16-6-5(17(12,14)15)4(3-11)1-2-13-6/h1-2H,(H2,12,14,15). The molecule has 0 aromatic carbocycles. The maximum absolute atomic E-state index is 12.0. The highest BCUT2D eigenvalue weighted by molar-refractivity contribution is 7.89. The molecule has 0 bridgehead atoms. The van der Waals surface area contributed by atoms with Gasteiger partial charge in [-0.3, -0.25) is 0 Å². The number of rotatable bonds is 2. The Labute approximate surface area is 93.5 Å². The molecule has 10 heteroatoms. The van der Waals surface area contributed by atoms with Gasteiger partial charge in [-0.05, 0) is 6.07 Å². The van der Waals surface area contributed by atoms with E-state index in [1.165, 1.54) is 6.07 Å². The normalized spacial score (nSPS) is 11.9. The van der Waals surface area contributed by atoms with Gasteiger partial charge in [0.2, 0.25) is 15.9 Å². The highest BCUT2D eigenvalue weighted by Gasteiger charge is 2.35. The number of sulfonamides is 1. The van der Waals surface area contributed by atoms with Crippen molar-refractivity contribution in [3.05, 3.63) is 17.8 Å². The molecule has 0 aliphatic heterocycles. The molecule has 0 aliphatic rings. The number of nitrogens with two attached hydrogens (primary N) is 1. The van der Waals surface area contributed by atoms with Crippen LogP contribution >= 0.6 is 0 Å². The third kappa shape index (κ3) is 3.30. The Morgan fingerprint density at radius 1 is 1.47 bits per heavy atom. The molecule has 17 heavy (non-hydrogen) atoms. The van der Waals surface area contributed by atoms with E-state index in [4.69, 9.17) is 5.26 Å². The van der Waals surface area contributed by atoms with Crippen LogP contribution < -0.4 is 9.88 Å². The van der Waals surface area contributed by atoms with Crippen LogP contribution in [0.4, 0.5) is 13.2 Å². The highest BCUT2D eigenvalue weighted by Crippen LogP contribution is 2.28. The second kappa shape index (κ2) is 4.19. The van der Waals surface area contributed by atoms with Gasteiger partial charge in [-0.25, -0.2) is 18.5 Å². The molecule has 1 heterocycles. The lowest BCUT2D eigenvalue weighted by molar-refractivity contribution is -0.277. The summed E-state index contributed by atoms with van der Waals surface area (Å²) in [5, 5.41) is 13.3. The van der Waals surface area contributed by atoms with Crippen molar-refractivity contribution >= 4 is 10.0 Å². The second-order valence-electron chi connectivity index (χ2n) is 2.70. The van der Waals surface area contributed by atoms with Crippen LogP contribution in [0.2, 0.25) is 0 Å². The lowest BCUT2D eigenvalue weighted by Gasteiger charge is -2.11. The van der Waals surface area contributed by atoms with Crippen molar-refractivity contribution in [2.24, 2.45) is 5.14 Å². The predicted octanol–water partition coefficient (Wildman–Crippen LogP) is 0.499. The number of primary sulfonamides is 1. The first-order valence-corrected chi connectivity index (χ1v) is 5.37. The summed E-state index contributed by atoms with van der Waals surface area (Å²) in [5.41, 5.74) is -0.582. The van der Waals surface area contributed by atoms with Crippen molar-refractivity contribution in [1.29, 1.82) is 5.26 Å². The van der Waals surface area contributed by atoms with Crippen molar-refractivity contribution in [2.45, 2.75) is 11.3 Å². The summed E-state index contributed by atoms with van der Waals surface area (Å²) >= 11 is 0. The van der Waals surface area contributed by atoms with E-state index in [2.05, 4.69) is 14.9 Å². The molecule has 92 valence electrons. The molecular formula is C7H4F3N3O3S. The van der Waals surface area contributed by atoms with Crippen molar-refractivity contribution < 1.29 is 26.3 Å². The number of halogens is 3. The van der Waals surface area contributed by atoms with Crippen LogP contribution in [0.15, 0.2) is 17.2 Å². The fraction of sp³-hybridized carbons (Fsp3) is 0.143. The molecule has 0 spiro atoms. The van der Waals surface area contributed by atoms with E-state index >= 15 is 0 Å². The Balaban J connectivity index is 3.48.